The van der Waals surface area contributed by atoms with Gasteiger partial charge in [0, 0.05) is 19.5 Å². The lowest BCUT2D eigenvalue weighted by atomic mass is 10.0. The molecule has 0 heterocycles. The summed E-state index contributed by atoms with van der Waals surface area (Å²) in [5.41, 5.74) is 2.68. The first kappa shape index (κ1) is 31.8. The van der Waals surface area contributed by atoms with Gasteiger partial charge in [-0.3, -0.25) is 13.9 Å². The fraction of sp³-hybridized carbons (Fsp3) is 0.375. The number of benzene rings is 3. The Kier molecular flexibility index (Phi) is 11.5. The zero-order valence-corrected chi connectivity index (χ0v) is 25.0. The fourth-order valence-electron chi connectivity index (χ4n) is 4.64. The van der Waals surface area contributed by atoms with E-state index in [0.29, 0.717) is 17.8 Å². The molecule has 7 nitrogen and oxygen atoms in total. The Morgan fingerprint density at radius 3 is 2.15 bits per heavy atom. The van der Waals surface area contributed by atoms with Gasteiger partial charge in [-0.15, -0.1) is 0 Å². The van der Waals surface area contributed by atoms with Crippen LogP contribution in [-0.4, -0.2) is 50.5 Å². The van der Waals surface area contributed by atoms with Gasteiger partial charge in [0.1, 0.15) is 18.4 Å². The number of nitrogens with zero attached hydrogens (tertiary/aromatic N) is 2. The van der Waals surface area contributed by atoms with E-state index in [4.69, 9.17) is 0 Å². The number of amides is 2. The van der Waals surface area contributed by atoms with Gasteiger partial charge >= 0.3 is 0 Å². The quantitative estimate of drug-likeness (QED) is 0.263. The first-order chi connectivity index (χ1) is 19.5. The highest BCUT2D eigenvalue weighted by molar-refractivity contribution is 7.92. The lowest BCUT2D eigenvalue weighted by molar-refractivity contribution is -0.140. The van der Waals surface area contributed by atoms with E-state index in [1.807, 2.05) is 63.2 Å². The number of halogens is 1. The van der Waals surface area contributed by atoms with E-state index in [9.17, 15) is 22.4 Å². The maximum atomic E-state index is 14.2. The molecule has 0 saturated carbocycles. The summed E-state index contributed by atoms with van der Waals surface area (Å²) in [5, 5.41) is 2.95. The van der Waals surface area contributed by atoms with E-state index in [0.717, 1.165) is 34.5 Å². The predicted octanol–water partition coefficient (Wildman–Crippen LogP) is 5.27. The molecule has 2 amide bonds. The van der Waals surface area contributed by atoms with E-state index < -0.39 is 34.3 Å². The van der Waals surface area contributed by atoms with Crippen molar-refractivity contribution in [2.24, 2.45) is 0 Å². The molecule has 1 unspecified atom stereocenters. The van der Waals surface area contributed by atoms with E-state index in [2.05, 4.69) is 5.32 Å². The number of sulfonamides is 1. The number of rotatable bonds is 14. The third-order valence-corrected chi connectivity index (χ3v) is 8.00. The number of hydrogen-bond donors (Lipinski definition) is 1. The normalized spacial score (nSPS) is 12.1. The van der Waals surface area contributed by atoms with Gasteiger partial charge in [-0.25, -0.2) is 12.8 Å². The highest BCUT2D eigenvalue weighted by atomic mass is 32.2. The Hall–Kier alpha value is -3.72. The van der Waals surface area contributed by atoms with Crippen molar-refractivity contribution in [1.82, 2.24) is 10.2 Å². The smallest absolute Gasteiger partial charge is 0.244 e. The van der Waals surface area contributed by atoms with Crippen molar-refractivity contribution in [3.63, 3.8) is 0 Å². The highest BCUT2D eigenvalue weighted by Gasteiger charge is 2.33. The molecule has 0 radical (unpaired) electrons. The van der Waals surface area contributed by atoms with Crippen molar-refractivity contribution in [2.45, 2.75) is 58.5 Å². The molecule has 3 rings (SSSR count). The summed E-state index contributed by atoms with van der Waals surface area (Å²) in [7, 11) is -3.87. The highest BCUT2D eigenvalue weighted by Crippen LogP contribution is 2.29. The molecule has 0 aliphatic rings. The summed E-state index contributed by atoms with van der Waals surface area (Å²) >= 11 is 0. The van der Waals surface area contributed by atoms with Crippen LogP contribution in [0.4, 0.5) is 10.1 Å². The van der Waals surface area contributed by atoms with Crippen LogP contribution >= 0.6 is 0 Å². The van der Waals surface area contributed by atoms with Gasteiger partial charge in [-0.1, -0.05) is 87.9 Å². The average Bonchev–Trinajstić information content (AvgIpc) is 2.94. The van der Waals surface area contributed by atoms with Crippen LogP contribution in [0.2, 0.25) is 0 Å². The number of carbonyl (C=O) groups is 2. The Balaban J connectivity index is 2.06. The first-order valence-electron chi connectivity index (χ1n) is 13.9. The zero-order chi connectivity index (χ0) is 30.0. The molecule has 41 heavy (non-hydrogen) atoms. The molecule has 0 spiro atoms. The van der Waals surface area contributed by atoms with Gasteiger partial charge in [-0.05, 0) is 47.2 Å². The average molecular weight is 582 g/mol. The zero-order valence-electron chi connectivity index (χ0n) is 24.2. The number of unbranched alkanes of at least 4 members (excludes halogenated alkanes) is 1. The molecular formula is C32H40FN3O4S. The van der Waals surface area contributed by atoms with E-state index in [1.165, 1.54) is 17.0 Å². The molecule has 9 heteroatoms. The van der Waals surface area contributed by atoms with Crippen molar-refractivity contribution in [1.29, 1.82) is 0 Å². The molecule has 3 aromatic rings. The van der Waals surface area contributed by atoms with Crippen LogP contribution in [0.3, 0.4) is 0 Å². The predicted molar refractivity (Wildman–Crippen MR) is 162 cm³/mol. The van der Waals surface area contributed by atoms with Crippen LogP contribution in [0.1, 0.15) is 56.2 Å². The molecule has 0 saturated heterocycles. The standard InChI is InChI=1S/C32H40FN3O4S/c1-5-6-20-34-32(38)30(21-25-12-8-7-9-13-25)35(22-26-16-18-27(33)19-17-26)31(37)23-36(41(4,39)40)29-15-11-10-14-28(29)24(2)3/h7-19,24,30H,5-6,20-23H2,1-4H3,(H,34,38). The van der Waals surface area contributed by atoms with Crippen LogP contribution in [0.25, 0.3) is 0 Å². The Labute approximate surface area is 243 Å². The van der Waals surface area contributed by atoms with Crippen molar-refractivity contribution in [3.05, 3.63) is 101 Å². The number of para-hydroxylation sites is 1. The third kappa shape index (κ3) is 9.14. The van der Waals surface area contributed by atoms with Crippen molar-refractivity contribution in [3.8, 4) is 0 Å². The Morgan fingerprint density at radius 2 is 1.54 bits per heavy atom. The monoisotopic (exact) mass is 581 g/mol. The third-order valence-electron chi connectivity index (χ3n) is 6.87. The van der Waals surface area contributed by atoms with Gasteiger partial charge in [-0.2, -0.15) is 0 Å². The van der Waals surface area contributed by atoms with Crippen LogP contribution in [0, 0.1) is 5.82 Å². The van der Waals surface area contributed by atoms with E-state index in [-0.39, 0.29) is 24.8 Å². The van der Waals surface area contributed by atoms with Gasteiger partial charge in [0.2, 0.25) is 21.8 Å². The van der Waals surface area contributed by atoms with Gasteiger partial charge in [0.05, 0.1) is 11.9 Å². The molecule has 220 valence electrons. The van der Waals surface area contributed by atoms with Crippen LogP contribution < -0.4 is 9.62 Å². The molecule has 0 aromatic heterocycles. The SMILES string of the molecule is CCCCNC(=O)C(Cc1ccccc1)N(Cc1ccc(F)cc1)C(=O)CN(c1ccccc1C(C)C)S(C)(=O)=O. The summed E-state index contributed by atoms with van der Waals surface area (Å²) in [4.78, 5) is 29.2. The summed E-state index contributed by atoms with van der Waals surface area (Å²) in [6, 6.07) is 21.3. The lowest BCUT2D eigenvalue weighted by Crippen LogP contribution is -2.53. The minimum absolute atomic E-state index is 0.00123. The summed E-state index contributed by atoms with van der Waals surface area (Å²) in [5.74, 6) is -1.27. The maximum absolute atomic E-state index is 14.2. The minimum Gasteiger partial charge on any atom is -0.354 e. The Morgan fingerprint density at radius 1 is 0.902 bits per heavy atom. The van der Waals surface area contributed by atoms with Crippen molar-refractivity contribution in [2.75, 3.05) is 23.7 Å². The van der Waals surface area contributed by atoms with Gasteiger partial charge < -0.3 is 10.2 Å². The number of hydrogen-bond acceptors (Lipinski definition) is 4. The molecular weight excluding hydrogens is 541 g/mol. The Bertz CT molecular complexity index is 1400. The molecule has 0 bridgehead atoms. The topological polar surface area (TPSA) is 86.8 Å². The summed E-state index contributed by atoms with van der Waals surface area (Å²) < 4.78 is 40.9. The second-order valence-electron chi connectivity index (χ2n) is 10.5. The van der Waals surface area contributed by atoms with Gasteiger partial charge in [0.25, 0.3) is 0 Å². The molecule has 3 aromatic carbocycles. The molecule has 1 N–H and O–H groups in total. The molecule has 1 atom stereocenters. The first-order valence-corrected chi connectivity index (χ1v) is 15.8. The fourth-order valence-corrected chi connectivity index (χ4v) is 5.51. The van der Waals surface area contributed by atoms with Crippen molar-refractivity contribution >= 4 is 27.5 Å². The van der Waals surface area contributed by atoms with Gasteiger partial charge in [0.15, 0.2) is 0 Å². The minimum atomic E-state index is -3.87. The summed E-state index contributed by atoms with van der Waals surface area (Å²) in [6.07, 6.45) is 2.97. The lowest BCUT2D eigenvalue weighted by Gasteiger charge is -2.34. The second kappa shape index (κ2) is 14.8. The van der Waals surface area contributed by atoms with Crippen LogP contribution in [0.15, 0.2) is 78.9 Å². The number of nitrogens with one attached hydrogen (secondary N) is 1. The van der Waals surface area contributed by atoms with E-state index >= 15 is 0 Å². The van der Waals surface area contributed by atoms with Crippen LogP contribution in [-0.2, 0) is 32.6 Å². The molecule has 0 fully saturated rings. The number of anilines is 1. The molecule has 0 aliphatic heterocycles. The van der Waals surface area contributed by atoms with Crippen molar-refractivity contribution < 1.29 is 22.4 Å². The van der Waals surface area contributed by atoms with E-state index in [1.54, 1.807) is 24.3 Å². The maximum Gasteiger partial charge on any atom is 0.244 e. The summed E-state index contributed by atoms with van der Waals surface area (Å²) in [6.45, 7) is 5.90. The van der Waals surface area contributed by atoms with Crippen LogP contribution in [0.5, 0.6) is 0 Å². The second-order valence-corrected chi connectivity index (χ2v) is 12.4. The largest absolute Gasteiger partial charge is 0.354 e. The molecule has 0 aliphatic carbocycles. The number of carbonyl (C=O) groups excluding carboxylic acids is 2.